The summed E-state index contributed by atoms with van der Waals surface area (Å²) in [5, 5.41) is 3.04. The molecule has 0 aromatic carbocycles. The fourth-order valence-electron chi connectivity index (χ4n) is 1.70. The summed E-state index contributed by atoms with van der Waals surface area (Å²) in [7, 11) is 0. The Bertz CT molecular complexity index is 720. The lowest BCUT2D eigenvalue weighted by atomic mass is 10.4. The van der Waals surface area contributed by atoms with Gasteiger partial charge in [-0.3, -0.25) is 9.59 Å². The molecule has 0 aliphatic rings. The standard InChI is InChI=1S/C15H15BrN4O3S/c1-9-5-10(2)19-15(18-9)24-8-14(22)23-7-13(21)20-12-4-3-11(16)6-17-12/h3-6H,7-8H2,1-2H3,(H,17,20,21). The fourth-order valence-corrected chi connectivity index (χ4v) is 2.68. The molecule has 0 aliphatic carbocycles. The second-order valence-corrected chi connectivity index (χ2v) is 6.65. The van der Waals surface area contributed by atoms with Crippen LogP contribution in [-0.2, 0) is 14.3 Å². The molecule has 0 spiro atoms. The van der Waals surface area contributed by atoms with E-state index >= 15 is 0 Å². The Morgan fingerprint density at radius 3 is 2.58 bits per heavy atom. The van der Waals surface area contributed by atoms with E-state index < -0.39 is 11.9 Å². The van der Waals surface area contributed by atoms with Crippen LogP contribution >= 0.6 is 27.7 Å². The number of carbonyl (C=O) groups excluding carboxylic acids is 2. The molecule has 0 radical (unpaired) electrons. The lowest BCUT2D eigenvalue weighted by Crippen LogP contribution is -2.22. The maximum absolute atomic E-state index is 11.7. The van der Waals surface area contributed by atoms with Crippen molar-refractivity contribution < 1.29 is 14.3 Å². The molecule has 0 saturated heterocycles. The van der Waals surface area contributed by atoms with Crippen LogP contribution in [0, 0.1) is 13.8 Å². The van der Waals surface area contributed by atoms with Gasteiger partial charge in [0.25, 0.3) is 5.91 Å². The van der Waals surface area contributed by atoms with E-state index in [9.17, 15) is 9.59 Å². The third-order valence-corrected chi connectivity index (χ3v) is 3.93. The summed E-state index contributed by atoms with van der Waals surface area (Å²) in [6.45, 7) is 3.35. The van der Waals surface area contributed by atoms with Gasteiger partial charge in [0.05, 0.1) is 5.75 Å². The maximum atomic E-state index is 11.7. The van der Waals surface area contributed by atoms with Crippen LogP contribution in [0.3, 0.4) is 0 Å². The summed E-state index contributed by atoms with van der Waals surface area (Å²) < 4.78 is 5.72. The number of thioether (sulfide) groups is 1. The molecule has 2 aromatic heterocycles. The smallest absolute Gasteiger partial charge is 0.316 e. The third-order valence-electron chi connectivity index (χ3n) is 2.64. The quantitative estimate of drug-likeness (QED) is 0.444. The Morgan fingerprint density at radius 2 is 1.96 bits per heavy atom. The molecule has 0 unspecified atom stereocenters. The summed E-state index contributed by atoms with van der Waals surface area (Å²) in [6, 6.07) is 5.23. The first kappa shape index (κ1) is 18.3. The van der Waals surface area contributed by atoms with Crippen LogP contribution in [0.2, 0.25) is 0 Å². The molecule has 2 heterocycles. The number of esters is 1. The highest BCUT2D eigenvalue weighted by atomic mass is 79.9. The number of carbonyl (C=O) groups is 2. The highest BCUT2D eigenvalue weighted by molar-refractivity contribution is 9.10. The molecule has 2 rings (SSSR count). The molecule has 1 amide bonds. The van der Waals surface area contributed by atoms with Crippen LogP contribution in [0.5, 0.6) is 0 Å². The van der Waals surface area contributed by atoms with Crippen molar-refractivity contribution in [3.05, 3.63) is 40.3 Å². The van der Waals surface area contributed by atoms with Crippen LogP contribution in [-0.4, -0.2) is 39.2 Å². The molecular weight excluding hydrogens is 396 g/mol. The van der Waals surface area contributed by atoms with E-state index in [0.29, 0.717) is 11.0 Å². The van der Waals surface area contributed by atoms with Crippen LogP contribution in [0.4, 0.5) is 5.82 Å². The maximum Gasteiger partial charge on any atom is 0.316 e. The summed E-state index contributed by atoms with van der Waals surface area (Å²) in [5.74, 6) is -0.544. The highest BCUT2D eigenvalue weighted by Crippen LogP contribution is 2.14. The van der Waals surface area contributed by atoms with Crippen LogP contribution in [0.15, 0.2) is 34.0 Å². The number of pyridine rings is 1. The van der Waals surface area contributed by atoms with Crippen molar-refractivity contribution >= 4 is 45.4 Å². The average Bonchev–Trinajstić information content (AvgIpc) is 2.52. The van der Waals surface area contributed by atoms with E-state index in [1.165, 1.54) is 11.8 Å². The second kappa shape index (κ2) is 8.74. The van der Waals surface area contributed by atoms with Gasteiger partial charge in [-0.05, 0) is 48.0 Å². The van der Waals surface area contributed by atoms with E-state index in [2.05, 4.69) is 36.2 Å². The molecule has 24 heavy (non-hydrogen) atoms. The van der Waals surface area contributed by atoms with Gasteiger partial charge in [-0.25, -0.2) is 15.0 Å². The minimum Gasteiger partial charge on any atom is -0.455 e. The number of nitrogens with zero attached hydrogens (tertiary/aromatic N) is 3. The summed E-state index contributed by atoms with van der Waals surface area (Å²) in [5.41, 5.74) is 1.67. The molecule has 0 saturated carbocycles. The third kappa shape index (κ3) is 6.25. The molecule has 0 atom stereocenters. The summed E-state index contributed by atoms with van der Waals surface area (Å²) >= 11 is 4.42. The van der Waals surface area contributed by atoms with Crippen LogP contribution in [0.25, 0.3) is 0 Å². The summed E-state index contributed by atoms with van der Waals surface area (Å²) in [4.78, 5) is 35.8. The zero-order chi connectivity index (χ0) is 17.5. The van der Waals surface area contributed by atoms with Crippen molar-refractivity contribution in [1.82, 2.24) is 15.0 Å². The number of nitrogens with one attached hydrogen (secondary N) is 1. The Hall–Kier alpha value is -2.00. The minimum atomic E-state index is -0.512. The predicted octanol–water partition coefficient (Wildman–Crippen LogP) is 2.52. The molecule has 0 bridgehead atoms. The van der Waals surface area contributed by atoms with E-state index in [4.69, 9.17) is 4.74 Å². The molecule has 0 fully saturated rings. The predicted molar refractivity (Wildman–Crippen MR) is 93.8 cm³/mol. The van der Waals surface area contributed by atoms with E-state index in [1.807, 2.05) is 19.9 Å². The molecule has 126 valence electrons. The van der Waals surface area contributed by atoms with Crippen molar-refractivity contribution in [2.75, 3.05) is 17.7 Å². The Labute approximate surface area is 151 Å². The fraction of sp³-hybridized carbons (Fsp3) is 0.267. The van der Waals surface area contributed by atoms with Crippen LogP contribution in [0.1, 0.15) is 11.4 Å². The number of hydrogen-bond donors (Lipinski definition) is 1. The molecule has 9 heteroatoms. The van der Waals surface area contributed by atoms with Gasteiger partial charge in [0.1, 0.15) is 5.82 Å². The number of amides is 1. The number of rotatable bonds is 6. The van der Waals surface area contributed by atoms with Crippen molar-refractivity contribution in [3.8, 4) is 0 Å². The minimum absolute atomic E-state index is 0.0344. The molecule has 7 nitrogen and oxygen atoms in total. The van der Waals surface area contributed by atoms with Crippen molar-refractivity contribution in [2.24, 2.45) is 0 Å². The Balaban J connectivity index is 1.74. The number of halogens is 1. The topological polar surface area (TPSA) is 94.1 Å². The number of anilines is 1. The molecule has 2 aromatic rings. The average molecular weight is 411 g/mol. The zero-order valence-electron chi connectivity index (χ0n) is 13.1. The lowest BCUT2D eigenvalue weighted by Gasteiger charge is -2.06. The SMILES string of the molecule is Cc1cc(C)nc(SCC(=O)OCC(=O)Nc2ccc(Br)cn2)n1. The van der Waals surface area contributed by atoms with Crippen molar-refractivity contribution in [1.29, 1.82) is 0 Å². The number of hydrogen-bond acceptors (Lipinski definition) is 7. The lowest BCUT2D eigenvalue weighted by molar-refractivity contribution is -0.144. The van der Waals surface area contributed by atoms with Gasteiger partial charge < -0.3 is 10.1 Å². The van der Waals surface area contributed by atoms with Gasteiger partial charge in [-0.15, -0.1) is 0 Å². The second-order valence-electron chi connectivity index (χ2n) is 4.79. The van der Waals surface area contributed by atoms with Gasteiger partial charge in [0, 0.05) is 22.1 Å². The van der Waals surface area contributed by atoms with E-state index in [1.54, 1.807) is 18.3 Å². The van der Waals surface area contributed by atoms with Gasteiger partial charge in [0.15, 0.2) is 11.8 Å². The van der Waals surface area contributed by atoms with Gasteiger partial charge in [-0.1, -0.05) is 11.8 Å². The Kier molecular flexibility index (Phi) is 6.68. The van der Waals surface area contributed by atoms with Crippen LogP contribution < -0.4 is 5.32 Å². The number of aromatic nitrogens is 3. The first-order valence-corrected chi connectivity index (χ1v) is 8.72. The largest absolute Gasteiger partial charge is 0.455 e. The molecule has 1 N–H and O–H groups in total. The first-order valence-electron chi connectivity index (χ1n) is 6.94. The number of aryl methyl sites for hydroxylation is 2. The number of ether oxygens (including phenoxy) is 1. The monoisotopic (exact) mass is 410 g/mol. The van der Waals surface area contributed by atoms with Crippen molar-refractivity contribution in [3.63, 3.8) is 0 Å². The Morgan fingerprint density at radius 1 is 1.25 bits per heavy atom. The van der Waals surface area contributed by atoms with Gasteiger partial charge >= 0.3 is 5.97 Å². The van der Waals surface area contributed by atoms with E-state index in [0.717, 1.165) is 15.9 Å². The normalized spacial score (nSPS) is 10.3. The van der Waals surface area contributed by atoms with Gasteiger partial charge in [0.2, 0.25) is 0 Å². The summed E-state index contributed by atoms with van der Waals surface area (Å²) in [6.07, 6.45) is 1.56. The first-order chi connectivity index (χ1) is 11.4. The zero-order valence-corrected chi connectivity index (χ0v) is 15.5. The molecular formula is C15H15BrN4O3S. The van der Waals surface area contributed by atoms with Crippen molar-refractivity contribution in [2.45, 2.75) is 19.0 Å². The molecule has 0 aliphatic heterocycles. The highest BCUT2D eigenvalue weighted by Gasteiger charge is 2.10. The van der Waals surface area contributed by atoms with E-state index in [-0.39, 0.29) is 12.4 Å². The van der Waals surface area contributed by atoms with Gasteiger partial charge in [-0.2, -0.15) is 0 Å².